The van der Waals surface area contributed by atoms with Crippen LogP contribution < -0.4 is 5.32 Å². The van der Waals surface area contributed by atoms with E-state index in [1.165, 1.54) is 11.3 Å². The number of halogens is 1. The zero-order valence-electron chi connectivity index (χ0n) is 16.9. The molecule has 1 amide bonds. The van der Waals surface area contributed by atoms with Gasteiger partial charge in [-0.05, 0) is 36.7 Å². The normalized spacial score (nSPS) is 10.5. The SMILES string of the molecule is CCN(CC)CCOC(=O)c1c(-c2cccs2)csc1NC(=O)c1ccccc1.Cl. The third-order valence-corrected chi connectivity index (χ3v) is 6.38. The molecule has 0 unspecified atom stereocenters. The lowest BCUT2D eigenvalue weighted by Gasteiger charge is -2.17. The van der Waals surface area contributed by atoms with Crippen LogP contribution in [-0.4, -0.2) is 43.0 Å². The highest BCUT2D eigenvalue weighted by Gasteiger charge is 2.24. The smallest absolute Gasteiger partial charge is 0.341 e. The van der Waals surface area contributed by atoms with Crippen LogP contribution in [0.25, 0.3) is 10.4 Å². The van der Waals surface area contributed by atoms with Gasteiger partial charge in [-0.1, -0.05) is 38.1 Å². The molecule has 0 aliphatic rings. The van der Waals surface area contributed by atoms with Gasteiger partial charge in [0.15, 0.2) is 0 Å². The molecule has 3 rings (SSSR count). The van der Waals surface area contributed by atoms with E-state index in [1.54, 1.807) is 23.5 Å². The van der Waals surface area contributed by atoms with Crippen LogP contribution in [0.4, 0.5) is 5.00 Å². The minimum Gasteiger partial charge on any atom is -0.461 e. The fourth-order valence-electron chi connectivity index (χ4n) is 2.91. The number of likely N-dealkylation sites (N-methyl/N-ethyl adjacent to an activating group) is 1. The molecule has 0 radical (unpaired) electrons. The van der Waals surface area contributed by atoms with Gasteiger partial charge in [-0.15, -0.1) is 35.1 Å². The molecule has 0 aliphatic carbocycles. The van der Waals surface area contributed by atoms with E-state index in [4.69, 9.17) is 4.74 Å². The summed E-state index contributed by atoms with van der Waals surface area (Å²) in [5.74, 6) is -0.660. The van der Waals surface area contributed by atoms with Gasteiger partial charge in [0.25, 0.3) is 5.91 Å². The van der Waals surface area contributed by atoms with E-state index in [0.29, 0.717) is 29.3 Å². The van der Waals surface area contributed by atoms with Crippen molar-refractivity contribution in [1.29, 1.82) is 0 Å². The number of carbonyl (C=O) groups excluding carboxylic acids is 2. The lowest BCUT2D eigenvalue weighted by atomic mass is 10.1. The van der Waals surface area contributed by atoms with Crippen LogP contribution in [0.3, 0.4) is 0 Å². The molecule has 3 aromatic rings. The average Bonchev–Trinajstić information content (AvgIpc) is 3.41. The number of carbonyl (C=O) groups is 2. The Morgan fingerprint density at radius 1 is 1.03 bits per heavy atom. The number of ether oxygens (including phenoxy) is 1. The Morgan fingerprint density at radius 2 is 1.77 bits per heavy atom. The van der Waals surface area contributed by atoms with Crippen molar-refractivity contribution in [2.45, 2.75) is 13.8 Å². The maximum absolute atomic E-state index is 12.9. The summed E-state index contributed by atoms with van der Waals surface area (Å²) >= 11 is 2.89. The Morgan fingerprint density at radius 3 is 2.40 bits per heavy atom. The first-order chi connectivity index (χ1) is 14.1. The van der Waals surface area contributed by atoms with Crippen molar-refractivity contribution in [2.24, 2.45) is 0 Å². The van der Waals surface area contributed by atoms with Gasteiger partial charge in [-0.2, -0.15) is 0 Å². The van der Waals surface area contributed by atoms with E-state index >= 15 is 0 Å². The van der Waals surface area contributed by atoms with E-state index < -0.39 is 5.97 Å². The second-order valence-electron chi connectivity index (χ2n) is 6.31. The largest absolute Gasteiger partial charge is 0.461 e. The zero-order chi connectivity index (χ0) is 20.6. The summed E-state index contributed by atoms with van der Waals surface area (Å²) in [5.41, 5.74) is 1.75. The predicted octanol–water partition coefficient (Wildman–Crippen LogP) is 5.65. The molecule has 8 heteroatoms. The number of rotatable bonds is 9. The topological polar surface area (TPSA) is 58.6 Å². The number of nitrogens with zero attached hydrogens (tertiary/aromatic N) is 1. The molecule has 0 saturated carbocycles. The van der Waals surface area contributed by atoms with Crippen LogP contribution in [0.1, 0.15) is 34.6 Å². The molecule has 30 heavy (non-hydrogen) atoms. The Kier molecular flexibility index (Phi) is 9.52. The molecule has 160 valence electrons. The van der Waals surface area contributed by atoms with Gasteiger partial charge >= 0.3 is 5.97 Å². The highest BCUT2D eigenvalue weighted by molar-refractivity contribution is 7.17. The quantitative estimate of drug-likeness (QED) is 0.416. The van der Waals surface area contributed by atoms with Crippen LogP contribution in [-0.2, 0) is 4.74 Å². The molecule has 5 nitrogen and oxygen atoms in total. The molecule has 1 aromatic carbocycles. The predicted molar refractivity (Wildman–Crippen MR) is 127 cm³/mol. The molecule has 2 aromatic heterocycles. The van der Waals surface area contributed by atoms with Crippen molar-refractivity contribution in [3.63, 3.8) is 0 Å². The zero-order valence-corrected chi connectivity index (χ0v) is 19.4. The number of esters is 1. The highest BCUT2D eigenvalue weighted by atomic mass is 35.5. The minimum atomic E-state index is -0.412. The molecule has 0 fully saturated rings. The molecule has 0 atom stereocenters. The van der Waals surface area contributed by atoms with Gasteiger partial charge in [-0.3, -0.25) is 4.79 Å². The van der Waals surface area contributed by atoms with Gasteiger partial charge in [0.1, 0.15) is 17.2 Å². The summed E-state index contributed by atoms with van der Waals surface area (Å²) in [6.45, 7) is 6.97. The van der Waals surface area contributed by atoms with Gasteiger partial charge in [0.05, 0.1) is 0 Å². The number of amides is 1. The van der Waals surface area contributed by atoms with E-state index in [9.17, 15) is 9.59 Å². The van der Waals surface area contributed by atoms with Crippen molar-refractivity contribution in [3.8, 4) is 10.4 Å². The van der Waals surface area contributed by atoms with Crippen molar-refractivity contribution in [2.75, 3.05) is 31.6 Å². The summed E-state index contributed by atoms with van der Waals surface area (Å²) in [6, 6.07) is 12.9. The van der Waals surface area contributed by atoms with Crippen LogP contribution in [0.5, 0.6) is 0 Å². The van der Waals surface area contributed by atoms with Crippen molar-refractivity contribution in [1.82, 2.24) is 4.90 Å². The first-order valence-electron chi connectivity index (χ1n) is 9.55. The summed E-state index contributed by atoms with van der Waals surface area (Å²) in [4.78, 5) is 28.7. The number of anilines is 1. The Hall–Kier alpha value is -2.19. The Bertz CT molecular complexity index is 939. The second-order valence-corrected chi connectivity index (χ2v) is 8.14. The molecular formula is C22H25ClN2O3S2. The first kappa shape index (κ1) is 24.1. The number of hydrogen-bond donors (Lipinski definition) is 1. The van der Waals surface area contributed by atoms with E-state index in [-0.39, 0.29) is 18.3 Å². The molecule has 0 saturated heterocycles. The summed E-state index contributed by atoms with van der Waals surface area (Å²) < 4.78 is 5.57. The number of nitrogens with one attached hydrogen (secondary N) is 1. The van der Waals surface area contributed by atoms with E-state index in [1.807, 2.05) is 41.1 Å². The molecule has 0 aliphatic heterocycles. The number of benzene rings is 1. The average molecular weight is 465 g/mol. The van der Waals surface area contributed by atoms with Crippen molar-refractivity contribution in [3.05, 3.63) is 64.4 Å². The maximum atomic E-state index is 12.9. The summed E-state index contributed by atoms with van der Waals surface area (Å²) in [5, 5.41) is 7.25. The van der Waals surface area contributed by atoms with E-state index in [2.05, 4.69) is 24.1 Å². The van der Waals surface area contributed by atoms with Crippen LogP contribution >= 0.6 is 35.1 Å². The van der Waals surface area contributed by atoms with Gasteiger partial charge in [0.2, 0.25) is 0 Å². The standard InChI is InChI=1S/C22H24N2O3S2.ClH/c1-3-24(4-2)12-13-27-22(26)19-17(18-11-8-14-28-18)15-29-21(19)23-20(25)16-9-6-5-7-10-16;/h5-11,14-15H,3-4,12-13H2,1-2H3,(H,23,25);1H. The molecule has 0 spiro atoms. The summed E-state index contributed by atoms with van der Waals surface area (Å²) in [6.07, 6.45) is 0. The second kappa shape index (κ2) is 11.9. The van der Waals surface area contributed by atoms with Gasteiger partial charge < -0.3 is 15.0 Å². The summed E-state index contributed by atoms with van der Waals surface area (Å²) in [7, 11) is 0. The fraction of sp³-hybridized carbons (Fsp3) is 0.273. The number of thiophene rings is 2. The first-order valence-corrected chi connectivity index (χ1v) is 11.3. The molecule has 0 bridgehead atoms. The van der Waals surface area contributed by atoms with Crippen molar-refractivity contribution >= 4 is 52.0 Å². The van der Waals surface area contributed by atoms with Crippen LogP contribution in [0, 0.1) is 0 Å². The highest BCUT2D eigenvalue weighted by Crippen LogP contribution is 2.38. The Labute approximate surface area is 191 Å². The van der Waals surface area contributed by atoms with E-state index in [0.717, 1.165) is 23.5 Å². The van der Waals surface area contributed by atoms with Gasteiger partial charge in [0, 0.05) is 27.9 Å². The fourth-order valence-corrected chi connectivity index (χ4v) is 4.68. The van der Waals surface area contributed by atoms with Gasteiger partial charge in [-0.25, -0.2) is 4.79 Å². The maximum Gasteiger partial charge on any atom is 0.341 e. The minimum absolute atomic E-state index is 0. The monoisotopic (exact) mass is 464 g/mol. The lowest BCUT2D eigenvalue weighted by molar-refractivity contribution is 0.0469. The lowest BCUT2D eigenvalue weighted by Crippen LogP contribution is -2.28. The molecule has 1 N–H and O–H groups in total. The molecular weight excluding hydrogens is 440 g/mol. The Balaban J connectivity index is 0.00000320. The van der Waals surface area contributed by atoms with Crippen molar-refractivity contribution < 1.29 is 14.3 Å². The van der Waals surface area contributed by atoms with Crippen LogP contribution in [0.15, 0.2) is 53.2 Å². The number of hydrogen-bond acceptors (Lipinski definition) is 6. The third kappa shape index (κ3) is 5.92. The van der Waals surface area contributed by atoms with Crippen LogP contribution in [0.2, 0.25) is 0 Å². The molecule has 2 heterocycles. The third-order valence-electron chi connectivity index (χ3n) is 4.58.